The minimum absolute atomic E-state index is 0.0154. The van der Waals surface area contributed by atoms with E-state index >= 15 is 0 Å². The van der Waals surface area contributed by atoms with Crippen LogP contribution in [0.3, 0.4) is 0 Å². The number of carbonyl (C=O) groups is 2. The van der Waals surface area contributed by atoms with E-state index in [2.05, 4.69) is 10.2 Å². The van der Waals surface area contributed by atoms with Gasteiger partial charge in [0.1, 0.15) is 0 Å². The number of hydrogen-bond acceptors (Lipinski definition) is 4. The lowest BCUT2D eigenvalue weighted by molar-refractivity contribution is -0.143. The van der Waals surface area contributed by atoms with Gasteiger partial charge in [-0.05, 0) is 26.7 Å². The van der Waals surface area contributed by atoms with Crippen molar-refractivity contribution in [2.24, 2.45) is 11.1 Å². The molecule has 2 aliphatic rings. The Morgan fingerprint density at radius 3 is 2.48 bits per heavy atom. The van der Waals surface area contributed by atoms with E-state index in [1.165, 1.54) is 0 Å². The summed E-state index contributed by atoms with van der Waals surface area (Å²) in [6, 6.07) is -0.0154. The van der Waals surface area contributed by atoms with Crippen LogP contribution >= 0.6 is 0 Å². The Labute approximate surface area is 127 Å². The zero-order chi connectivity index (χ0) is 15.5. The fourth-order valence-corrected chi connectivity index (χ4v) is 3.39. The van der Waals surface area contributed by atoms with E-state index in [0.717, 1.165) is 32.4 Å². The van der Waals surface area contributed by atoms with Gasteiger partial charge < -0.3 is 16.0 Å². The highest BCUT2D eigenvalue weighted by Gasteiger charge is 2.45. The Kier molecular flexibility index (Phi) is 5.22. The highest BCUT2D eigenvalue weighted by Crippen LogP contribution is 2.38. The number of amides is 2. The molecule has 2 unspecified atom stereocenters. The van der Waals surface area contributed by atoms with Gasteiger partial charge in [0.15, 0.2) is 0 Å². The van der Waals surface area contributed by atoms with Crippen LogP contribution in [-0.4, -0.2) is 66.9 Å². The van der Waals surface area contributed by atoms with Crippen LogP contribution in [0, 0.1) is 5.41 Å². The molecule has 0 aromatic carbocycles. The molecular formula is C15H28N4O2. The summed E-state index contributed by atoms with van der Waals surface area (Å²) in [4.78, 5) is 28.3. The Hall–Kier alpha value is -1.14. The van der Waals surface area contributed by atoms with Gasteiger partial charge in [-0.3, -0.25) is 14.5 Å². The minimum Gasteiger partial charge on any atom is -0.355 e. The molecule has 0 aromatic rings. The number of carbonyl (C=O) groups excluding carboxylic acids is 2. The largest absolute Gasteiger partial charge is 0.355 e. The van der Waals surface area contributed by atoms with Crippen molar-refractivity contribution in [3.63, 3.8) is 0 Å². The fourth-order valence-electron chi connectivity index (χ4n) is 3.39. The molecule has 1 aliphatic heterocycles. The predicted octanol–water partition coefficient (Wildman–Crippen LogP) is -0.216. The van der Waals surface area contributed by atoms with Crippen molar-refractivity contribution < 1.29 is 9.59 Å². The molecule has 0 radical (unpaired) electrons. The van der Waals surface area contributed by atoms with Crippen LogP contribution in [-0.2, 0) is 9.59 Å². The van der Waals surface area contributed by atoms with Crippen LogP contribution in [0.25, 0.3) is 0 Å². The lowest BCUT2D eigenvalue weighted by Crippen LogP contribution is -2.56. The molecule has 1 saturated carbocycles. The van der Waals surface area contributed by atoms with Gasteiger partial charge in [-0.1, -0.05) is 6.42 Å². The molecule has 21 heavy (non-hydrogen) atoms. The molecule has 2 fully saturated rings. The summed E-state index contributed by atoms with van der Waals surface area (Å²) in [7, 11) is 0. The molecule has 0 spiro atoms. The molecule has 2 rings (SSSR count). The van der Waals surface area contributed by atoms with Crippen molar-refractivity contribution in [3.05, 3.63) is 0 Å². The van der Waals surface area contributed by atoms with E-state index in [1.54, 1.807) is 0 Å². The minimum atomic E-state index is -0.387. The van der Waals surface area contributed by atoms with Crippen LogP contribution in [0.5, 0.6) is 0 Å². The quantitative estimate of drug-likeness (QED) is 0.752. The zero-order valence-electron chi connectivity index (χ0n) is 13.2. The Bertz CT molecular complexity index is 393. The molecule has 1 heterocycles. The van der Waals surface area contributed by atoms with E-state index in [4.69, 9.17) is 5.73 Å². The number of piperazine rings is 1. The average molecular weight is 296 g/mol. The van der Waals surface area contributed by atoms with Gasteiger partial charge in [-0.15, -0.1) is 0 Å². The summed E-state index contributed by atoms with van der Waals surface area (Å²) in [5, 5.41) is 2.81. The van der Waals surface area contributed by atoms with Gasteiger partial charge in [-0.25, -0.2) is 0 Å². The molecule has 0 aromatic heterocycles. The van der Waals surface area contributed by atoms with Gasteiger partial charge in [0, 0.05) is 38.8 Å². The summed E-state index contributed by atoms with van der Waals surface area (Å²) in [5.74, 6) is 0.257. The number of nitrogens with zero attached hydrogens (tertiary/aromatic N) is 2. The van der Waals surface area contributed by atoms with Gasteiger partial charge in [-0.2, -0.15) is 0 Å². The maximum Gasteiger partial charge on any atom is 0.234 e. The SMILES string of the molecule is CCNC(=O)CN1CCN(C(=O)C2(C)CCCC2N)CC1. The average Bonchev–Trinajstić information content (AvgIpc) is 2.80. The van der Waals surface area contributed by atoms with Crippen LogP contribution in [0.2, 0.25) is 0 Å². The Morgan fingerprint density at radius 1 is 1.29 bits per heavy atom. The highest BCUT2D eigenvalue weighted by atomic mass is 16.2. The van der Waals surface area contributed by atoms with Crippen LogP contribution in [0.1, 0.15) is 33.1 Å². The number of nitrogens with two attached hydrogens (primary N) is 1. The second-order valence-corrected chi connectivity index (χ2v) is 6.44. The van der Waals surface area contributed by atoms with E-state index in [9.17, 15) is 9.59 Å². The molecular weight excluding hydrogens is 268 g/mol. The molecule has 3 N–H and O–H groups in total. The smallest absolute Gasteiger partial charge is 0.234 e. The van der Waals surface area contributed by atoms with Crippen molar-refractivity contribution in [1.29, 1.82) is 0 Å². The third-order valence-corrected chi connectivity index (χ3v) is 4.92. The van der Waals surface area contributed by atoms with Gasteiger partial charge in [0.05, 0.1) is 12.0 Å². The molecule has 6 nitrogen and oxygen atoms in total. The second kappa shape index (κ2) is 6.75. The molecule has 6 heteroatoms. The lowest BCUT2D eigenvalue weighted by atomic mass is 9.83. The third-order valence-electron chi connectivity index (χ3n) is 4.92. The topological polar surface area (TPSA) is 78.7 Å². The van der Waals surface area contributed by atoms with E-state index in [1.807, 2.05) is 18.7 Å². The summed E-state index contributed by atoms with van der Waals surface area (Å²) in [6.45, 7) is 7.91. The van der Waals surface area contributed by atoms with Crippen molar-refractivity contribution in [2.45, 2.75) is 39.2 Å². The number of rotatable bonds is 4. The van der Waals surface area contributed by atoms with Crippen molar-refractivity contribution in [1.82, 2.24) is 15.1 Å². The molecule has 1 aliphatic carbocycles. The number of likely N-dealkylation sites (N-methyl/N-ethyl adjacent to an activating group) is 1. The highest BCUT2D eigenvalue weighted by molar-refractivity contribution is 5.83. The molecule has 1 saturated heterocycles. The first-order valence-corrected chi connectivity index (χ1v) is 8.01. The monoisotopic (exact) mass is 296 g/mol. The van der Waals surface area contributed by atoms with Gasteiger partial charge in [0.25, 0.3) is 0 Å². The van der Waals surface area contributed by atoms with E-state index in [-0.39, 0.29) is 23.3 Å². The first-order chi connectivity index (χ1) is 9.97. The third kappa shape index (κ3) is 3.55. The number of nitrogens with one attached hydrogen (secondary N) is 1. The van der Waals surface area contributed by atoms with Crippen molar-refractivity contribution in [3.8, 4) is 0 Å². The molecule has 2 amide bonds. The van der Waals surface area contributed by atoms with Crippen molar-refractivity contribution in [2.75, 3.05) is 39.3 Å². The fraction of sp³-hybridized carbons (Fsp3) is 0.867. The molecule has 120 valence electrons. The van der Waals surface area contributed by atoms with Crippen molar-refractivity contribution >= 4 is 11.8 Å². The number of hydrogen-bond donors (Lipinski definition) is 2. The summed E-state index contributed by atoms with van der Waals surface area (Å²) in [5.41, 5.74) is 5.75. The Balaban J connectivity index is 1.83. The summed E-state index contributed by atoms with van der Waals surface area (Å²) >= 11 is 0. The second-order valence-electron chi connectivity index (χ2n) is 6.44. The normalized spacial score (nSPS) is 30.4. The van der Waals surface area contributed by atoms with Crippen LogP contribution < -0.4 is 11.1 Å². The van der Waals surface area contributed by atoms with E-state index in [0.29, 0.717) is 26.2 Å². The Morgan fingerprint density at radius 2 is 1.95 bits per heavy atom. The molecule has 2 atom stereocenters. The van der Waals surface area contributed by atoms with Crippen LogP contribution in [0.15, 0.2) is 0 Å². The standard InChI is InChI=1S/C15H28N4O2/c1-3-17-13(20)11-18-7-9-19(10-8-18)14(21)15(2)6-4-5-12(15)16/h12H,3-11,16H2,1-2H3,(H,17,20). The van der Waals surface area contributed by atoms with Crippen LogP contribution in [0.4, 0.5) is 0 Å². The summed E-state index contributed by atoms with van der Waals surface area (Å²) < 4.78 is 0. The van der Waals surface area contributed by atoms with E-state index < -0.39 is 0 Å². The molecule has 0 bridgehead atoms. The lowest BCUT2D eigenvalue weighted by Gasteiger charge is -2.39. The van der Waals surface area contributed by atoms with Gasteiger partial charge >= 0.3 is 0 Å². The first-order valence-electron chi connectivity index (χ1n) is 8.01. The predicted molar refractivity (Wildman–Crippen MR) is 81.6 cm³/mol. The van der Waals surface area contributed by atoms with Gasteiger partial charge in [0.2, 0.25) is 11.8 Å². The first kappa shape index (κ1) is 16.2. The maximum absolute atomic E-state index is 12.7. The summed E-state index contributed by atoms with van der Waals surface area (Å²) in [6.07, 6.45) is 2.88. The zero-order valence-corrected chi connectivity index (χ0v) is 13.2. The maximum atomic E-state index is 12.7.